The highest BCUT2D eigenvalue weighted by molar-refractivity contribution is 5.85. The van der Waals surface area contributed by atoms with Gasteiger partial charge in [-0.3, -0.25) is 4.90 Å². The summed E-state index contributed by atoms with van der Waals surface area (Å²) in [6, 6.07) is 7.32. The van der Waals surface area contributed by atoms with Gasteiger partial charge in [-0.1, -0.05) is 6.07 Å². The Balaban J connectivity index is 0.00000192. The van der Waals surface area contributed by atoms with Crippen LogP contribution in [0.15, 0.2) is 36.5 Å². The van der Waals surface area contributed by atoms with Crippen LogP contribution in [0, 0.1) is 11.6 Å². The summed E-state index contributed by atoms with van der Waals surface area (Å²) in [4.78, 5) is 8.23. The van der Waals surface area contributed by atoms with E-state index in [9.17, 15) is 8.78 Å². The quantitative estimate of drug-likeness (QED) is 0.933. The van der Waals surface area contributed by atoms with Gasteiger partial charge in [0.1, 0.15) is 17.5 Å². The molecule has 0 amide bonds. The molecule has 0 radical (unpaired) electrons. The molecule has 23 heavy (non-hydrogen) atoms. The monoisotopic (exact) mass is 340 g/mol. The van der Waals surface area contributed by atoms with Crippen LogP contribution in [0.3, 0.4) is 0 Å². The highest BCUT2D eigenvalue weighted by Crippen LogP contribution is 2.22. The molecule has 0 saturated carbocycles. The van der Waals surface area contributed by atoms with Crippen LogP contribution in [0.5, 0.6) is 0 Å². The van der Waals surface area contributed by atoms with E-state index in [4.69, 9.17) is 5.73 Å². The van der Waals surface area contributed by atoms with Crippen LogP contribution in [0.1, 0.15) is 5.56 Å². The van der Waals surface area contributed by atoms with Crippen molar-refractivity contribution in [1.29, 1.82) is 0 Å². The van der Waals surface area contributed by atoms with Gasteiger partial charge in [0.05, 0.1) is 5.69 Å². The first-order valence-corrected chi connectivity index (χ1v) is 7.24. The molecule has 1 aliphatic rings. The first-order chi connectivity index (χ1) is 10.6. The molecule has 0 spiro atoms. The number of piperazine rings is 1. The summed E-state index contributed by atoms with van der Waals surface area (Å²) in [6.45, 7) is 3.71. The number of halogens is 3. The van der Waals surface area contributed by atoms with Crippen molar-refractivity contribution in [2.24, 2.45) is 0 Å². The molecule has 1 saturated heterocycles. The fraction of sp³-hybridized carbons (Fsp3) is 0.312. The molecule has 0 atom stereocenters. The summed E-state index contributed by atoms with van der Waals surface area (Å²) in [5.41, 5.74) is 7.01. The third-order valence-corrected chi connectivity index (χ3v) is 3.87. The third-order valence-electron chi connectivity index (χ3n) is 3.87. The van der Waals surface area contributed by atoms with Crippen LogP contribution in [0.2, 0.25) is 0 Å². The summed E-state index contributed by atoms with van der Waals surface area (Å²) in [6.07, 6.45) is 1.77. The Morgan fingerprint density at radius 3 is 2.43 bits per heavy atom. The Morgan fingerprint density at radius 2 is 1.78 bits per heavy atom. The average molecular weight is 341 g/mol. The zero-order chi connectivity index (χ0) is 15.5. The third kappa shape index (κ3) is 4.30. The smallest absolute Gasteiger partial charge is 0.146 e. The van der Waals surface area contributed by atoms with E-state index in [2.05, 4.69) is 9.88 Å². The van der Waals surface area contributed by atoms with Gasteiger partial charge in [-0.15, -0.1) is 12.4 Å². The summed E-state index contributed by atoms with van der Waals surface area (Å²) in [5, 5.41) is 0. The predicted molar refractivity (Wildman–Crippen MR) is 89.7 cm³/mol. The van der Waals surface area contributed by atoms with E-state index in [0.717, 1.165) is 31.3 Å². The van der Waals surface area contributed by atoms with Crippen molar-refractivity contribution in [3.8, 4) is 0 Å². The molecule has 2 heterocycles. The van der Waals surface area contributed by atoms with Gasteiger partial charge in [-0.25, -0.2) is 13.8 Å². The lowest BCUT2D eigenvalue weighted by Crippen LogP contribution is -2.46. The number of nitrogens with zero attached hydrogens (tertiary/aromatic N) is 3. The molecule has 0 unspecified atom stereocenters. The Bertz CT molecular complexity index is 643. The van der Waals surface area contributed by atoms with Crippen molar-refractivity contribution < 1.29 is 8.78 Å². The normalized spacial score (nSPS) is 15.3. The molecule has 0 bridgehead atoms. The van der Waals surface area contributed by atoms with Crippen molar-refractivity contribution in [3.05, 3.63) is 53.7 Å². The van der Waals surface area contributed by atoms with E-state index in [1.165, 1.54) is 12.1 Å². The second-order valence-electron chi connectivity index (χ2n) is 5.45. The van der Waals surface area contributed by atoms with E-state index < -0.39 is 5.82 Å². The van der Waals surface area contributed by atoms with E-state index >= 15 is 0 Å². The van der Waals surface area contributed by atoms with E-state index in [1.807, 2.05) is 11.0 Å². The second-order valence-corrected chi connectivity index (χ2v) is 5.45. The van der Waals surface area contributed by atoms with Crippen molar-refractivity contribution in [2.75, 3.05) is 36.8 Å². The van der Waals surface area contributed by atoms with Crippen LogP contribution in [0.4, 0.5) is 20.3 Å². The zero-order valence-electron chi connectivity index (χ0n) is 12.6. The number of nitrogen functional groups attached to an aromatic ring is 1. The topological polar surface area (TPSA) is 45.4 Å². The van der Waals surface area contributed by atoms with Crippen LogP contribution < -0.4 is 10.6 Å². The summed E-state index contributed by atoms with van der Waals surface area (Å²) >= 11 is 0. The lowest BCUT2D eigenvalue weighted by molar-refractivity contribution is 0.249. The number of anilines is 2. The number of hydrogen-bond acceptors (Lipinski definition) is 4. The fourth-order valence-corrected chi connectivity index (χ4v) is 2.66. The van der Waals surface area contributed by atoms with Gasteiger partial charge in [-0.2, -0.15) is 0 Å². The number of nitrogens with two attached hydrogens (primary N) is 1. The molecular formula is C16H19ClF2N4. The SMILES string of the molecule is Cl.Nc1ccc(CN2CCN(c3cc(F)ccc3F)CC2)cn1. The van der Waals surface area contributed by atoms with E-state index in [0.29, 0.717) is 24.6 Å². The summed E-state index contributed by atoms with van der Waals surface area (Å²) < 4.78 is 27.1. The standard InChI is InChI=1S/C16H18F2N4.ClH/c17-13-2-3-14(18)15(9-13)22-7-5-21(6-8-22)11-12-1-4-16(19)20-10-12;/h1-4,9-10H,5-8,11H2,(H2,19,20);1H. The van der Waals surface area contributed by atoms with Gasteiger partial charge in [0.2, 0.25) is 0 Å². The largest absolute Gasteiger partial charge is 0.384 e. The van der Waals surface area contributed by atoms with Gasteiger partial charge in [0.25, 0.3) is 0 Å². The van der Waals surface area contributed by atoms with Gasteiger partial charge < -0.3 is 10.6 Å². The first-order valence-electron chi connectivity index (χ1n) is 7.24. The zero-order valence-corrected chi connectivity index (χ0v) is 13.4. The lowest BCUT2D eigenvalue weighted by atomic mass is 10.2. The van der Waals surface area contributed by atoms with Crippen molar-refractivity contribution >= 4 is 23.9 Å². The Labute approximate surface area is 140 Å². The molecular weight excluding hydrogens is 322 g/mol. The molecule has 7 heteroatoms. The maximum Gasteiger partial charge on any atom is 0.146 e. The van der Waals surface area contributed by atoms with Crippen LogP contribution in [0.25, 0.3) is 0 Å². The minimum atomic E-state index is -0.410. The summed E-state index contributed by atoms with van der Waals surface area (Å²) in [7, 11) is 0. The van der Waals surface area contributed by atoms with Crippen LogP contribution >= 0.6 is 12.4 Å². The molecule has 1 aliphatic heterocycles. The van der Waals surface area contributed by atoms with Gasteiger partial charge in [-0.05, 0) is 23.8 Å². The molecule has 0 aliphatic carbocycles. The minimum absolute atomic E-state index is 0. The van der Waals surface area contributed by atoms with Gasteiger partial charge in [0, 0.05) is 45.0 Å². The predicted octanol–water partition coefficient (Wildman–Crippen LogP) is 2.69. The highest BCUT2D eigenvalue weighted by Gasteiger charge is 2.20. The highest BCUT2D eigenvalue weighted by atomic mass is 35.5. The van der Waals surface area contributed by atoms with E-state index in [-0.39, 0.29) is 18.2 Å². The Kier molecular flexibility index (Phi) is 5.74. The first kappa shape index (κ1) is 17.4. The van der Waals surface area contributed by atoms with Gasteiger partial charge in [0.15, 0.2) is 0 Å². The van der Waals surface area contributed by atoms with Crippen LogP contribution in [-0.4, -0.2) is 36.1 Å². The number of aromatic nitrogens is 1. The molecule has 4 nitrogen and oxygen atoms in total. The van der Waals surface area contributed by atoms with Gasteiger partial charge >= 0.3 is 0 Å². The summed E-state index contributed by atoms with van der Waals surface area (Å²) in [5.74, 6) is -0.278. The van der Waals surface area contributed by atoms with E-state index in [1.54, 1.807) is 12.3 Å². The molecule has 2 aromatic rings. The molecule has 124 valence electrons. The van der Waals surface area contributed by atoms with Crippen molar-refractivity contribution in [3.63, 3.8) is 0 Å². The van der Waals surface area contributed by atoms with Crippen LogP contribution in [-0.2, 0) is 6.54 Å². The minimum Gasteiger partial charge on any atom is -0.384 e. The Morgan fingerprint density at radius 1 is 1.04 bits per heavy atom. The molecule has 1 aromatic heterocycles. The average Bonchev–Trinajstić information content (AvgIpc) is 2.53. The Hall–Kier alpha value is -1.92. The van der Waals surface area contributed by atoms with Crippen molar-refractivity contribution in [2.45, 2.75) is 6.54 Å². The molecule has 3 rings (SSSR count). The maximum atomic E-state index is 13.8. The second kappa shape index (κ2) is 7.57. The maximum absolute atomic E-state index is 13.8. The number of hydrogen-bond donors (Lipinski definition) is 1. The number of pyridine rings is 1. The number of rotatable bonds is 3. The molecule has 1 fully saturated rings. The fourth-order valence-electron chi connectivity index (χ4n) is 2.66. The lowest BCUT2D eigenvalue weighted by Gasteiger charge is -2.36. The molecule has 2 N–H and O–H groups in total. The molecule has 1 aromatic carbocycles. The number of benzene rings is 1. The van der Waals surface area contributed by atoms with Crippen molar-refractivity contribution in [1.82, 2.24) is 9.88 Å².